The molecular weight excluding hydrogens is 356 g/mol. The second kappa shape index (κ2) is 10.1. The minimum Gasteiger partial charge on any atom is -0.508 e. The van der Waals surface area contributed by atoms with Gasteiger partial charge in [-0.05, 0) is 61.3 Å². The number of hydrogen-bond donors (Lipinski definition) is 2. The molecule has 0 aliphatic heterocycles. The molecule has 0 bridgehead atoms. The monoisotopic (exact) mass is 386 g/mol. The molecule has 2 aromatic rings. The number of phenolic OH excluding ortho intramolecular Hbond substituents is 1. The van der Waals surface area contributed by atoms with Crippen molar-refractivity contribution in [1.82, 2.24) is 0 Å². The van der Waals surface area contributed by atoms with Gasteiger partial charge in [0.25, 0.3) is 0 Å². The van der Waals surface area contributed by atoms with Gasteiger partial charge in [0.1, 0.15) is 11.5 Å². The minimum atomic E-state index is -0.761. The average molecular weight is 386 g/mol. The molecule has 0 radical (unpaired) electrons. The highest BCUT2D eigenvalue weighted by Crippen LogP contribution is 2.37. The number of fused-ring (bicyclic) bond motifs is 1. The van der Waals surface area contributed by atoms with Crippen molar-refractivity contribution in [3.63, 3.8) is 0 Å². The topological polar surface area (TPSA) is 83.8 Å². The zero-order valence-electron chi connectivity index (χ0n) is 17.0. The van der Waals surface area contributed by atoms with Gasteiger partial charge < -0.3 is 14.9 Å². The van der Waals surface area contributed by atoms with Crippen molar-refractivity contribution in [3.05, 3.63) is 35.4 Å². The normalized spacial score (nSPS) is 12.1. The standard InChI is InChI=1S/C23H30O5/c1-4-15(2)23(27)28-20-12-9-10-17-14-19(24)16(3)18(22(17)20)11-7-5-6-8-13-21(25)26/h9-10,12,14-15,24H,4-8,11,13H2,1-3H3,(H,25,26). The number of aryl methyl sites for hydroxylation is 1. The largest absolute Gasteiger partial charge is 0.508 e. The molecule has 0 saturated heterocycles. The van der Waals surface area contributed by atoms with Crippen LogP contribution in [0.4, 0.5) is 0 Å². The molecule has 0 amide bonds. The maximum absolute atomic E-state index is 12.3. The molecule has 0 saturated carbocycles. The zero-order chi connectivity index (χ0) is 20.7. The molecule has 0 aliphatic rings. The second-order valence-corrected chi connectivity index (χ2v) is 7.39. The average Bonchev–Trinajstić information content (AvgIpc) is 2.66. The maximum atomic E-state index is 12.3. The van der Waals surface area contributed by atoms with Crippen LogP contribution in [0.2, 0.25) is 0 Å². The quantitative estimate of drug-likeness (QED) is 0.325. The third-order valence-corrected chi connectivity index (χ3v) is 5.28. The van der Waals surface area contributed by atoms with Gasteiger partial charge in [-0.3, -0.25) is 9.59 Å². The van der Waals surface area contributed by atoms with Crippen molar-refractivity contribution < 1.29 is 24.5 Å². The first kappa shape index (κ1) is 21.7. The fourth-order valence-electron chi connectivity index (χ4n) is 3.29. The van der Waals surface area contributed by atoms with Gasteiger partial charge in [0.05, 0.1) is 5.92 Å². The number of hydrogen-bond acceptors (Lipinski definition) is 4. The number of carboxylic acid groups (broad SMARTS) is 1. The Morgan fingerprint density at radius 1 is 1.14 bits per heavy atom. The third-order valence-electron chi connectivity index (χ3n) is 5.28. The Balaban J connectivity index is 2.26. The molecule has 5 heteroatoms. The molecule has 28 heavy (non-hydrogen) atoms. The smallest absolute Gasteiger partial charge is 0.314 e. The van der Waals surface area contributed by atoms with Gasteiger partial charge in [-0.25, -0.2) is 0 Å². The van der Waals surface area contributed by atoms with Crippen LogP contribution in [0.1, 0.15) is 63.5 Å². The van der Waals surface area contributed by atoms with E-state index in [0.29, 0.717) is 18.6 Å². The predicted molar refractivity (Wildman–Crippen MR) is 110 cm³/mol. The summed E-state index contributed by atoms with van der Waals surface area (Å²) >= 11 is 0. The van der Waals surface area contributed by atoms with Crippen LogP contribution >= 0.6 is 0 Å². The Bertz CT molecular complexity index is 840. The van der Waals surface area contributed by atoms with E-state index in [-0.39, 0.29) is 24.1 Å². The van der Waals surface area contributed by atoms with Crippen molar-refractivity contribution in [2.24, 2.45) is 5.92 Å². The van der Waals surface area contributed by atoms with E-state index in [9.17, 15) is 14.7 Å². The van der Waals surface area contributed by atoms with E-state index in [1.165, 1.54) is 0 Å². The van der Waals surface area contributed by atoms with E-state index in [2.05, 4.69) is 0 Å². The third kappa shape index (κ3) is 5.47. The van der Waals surface area contributed by atoms with Crippen molar-refractivity contribution in [3.8, 4) is 11.5 Å². The fraction of sp³-hybridized carbons (Fsp3) is 0.478. The number of aromatic hydroxyl groups is 1. The highest BCUT2D eigenvalue weighted by atomic mass is 16.5. The summed E-state index contributed by atoms with van der Waals surface area (Å²) in [5.74, 6) is -0.417. The van der Waals surface area contributed by atoms with Crippen LogP contribution in [0.15, 0.2) is 24.3 Å². The van der Waals surface area contributed by atoms with Crippen LogP contribution in [-0.4, -0.2) is 22.2 Å². The van der Waals surface area contributed by atoms with E-state index in [1.807, 2.05) is 32.9 Å². The SMILES string of the molecule is CCC(C)C(=O)Oc1cccc2cc(O)c(C)c(CCCCCCC(=O)O)c12. The summed E-state index contributed by atoms with van der Waals surface area (Å²) in [5, 5.41) is 20.8. The molecule has 1 atom stereocenters. The molecule has 0 heterocycles. The second-order valence-electron chi connectivity index (χ2n) is 7.39. The molecule has 2 N–H and O–H groups in total. The molecule has 0 aromatic heterocycles. The van der Waals surface area contributed by atoms with E-state index in [4.69, 9.17) is 9.84 Å². The van der Waals surface area contributed by atoms with Gasteiger partial charge in [0.2, 0.25) is 0 Å². The molecular formula is C23H30O5. The first-order valence-electron chi connectivity index (χ1n) is 10.0. The molecule has 2 aromatic carbocycles. The highest BCUT2D eigenvalue weighted by molar-refractivity contribution is 5.95. The molecule has 1 unspecified atom stereocenters. The Morgan fingerprint density at radius 2 is 1.86 bits per heavy atom. The minimum absolute atomic E-state index is 0.175. The lowest BCUT2D eigenvalue weighted by Gasteiger charge is -2.17. The number of aliphatic carboxylic acids is 1. The summed E-state index contributed by atoms with van der Waals surface area (Å²) in [6, 6.07) is 7.24. The number of benzene rings is 2. The summed E-state index contributed by atoms with van der Waals surface area (Å²) in [7, 11) is 0. The van der Waals surface area contributed by atoms with Crippen LogP contribution in [0.3, 0.4) is 0 Å². The summed E-state index contributed by atoms with van der Waals surface area (Å²) in [5.41, 5.74) is 1.78. The molecule has 0 fully saturated rings. The van der Waals surface area contributed by atoms with E-state index in [0.717, 1.165) is 47.6 Å². The lowest BCUT2D eigenvalue weighted by atomic mass is 9.93. The summed E-state index contributed by atoms with van der Waals surface area (Å²) < 4.78 is 5.70. The van der Waals surface area contributed by atoms with Gasteiger partial charge in [-0.1, -0.05) is 38.8 Å². The van der Waals surface area contributed by atoms with Crippen LogP contribution in [0.5, 0.6) is 11.5 Å². The Kier molecular flexibility index (Phi) is 7.85. The lowest BCUT2D eigenvalue weighted by molar-refractivity contribution is -0.138. The summed E-state index contributed by atoms with van der Waals surface area (Å²) in [4.78, 5) is 22.9. The van der Waals surface area contributed by atoms with E-state index >= 15 is 0 Å². The zero-order valence-corrected chi connectivity index (χ0v) is 17.0. The number of carbonyl (C=O) groups excluding carboxylic acids is 1. The summed E-state index contributed by atoms with van der Waals surface area (Å²) in [6.07, 6.45) is 4.98. The van der Waals surface area contributed by atoms with E-state index < -0.39 is 5.97 Å². The van der Waals surface area contributed by atoms with Crippen LogP contribution < -0.4 is 4.74 Å². The highest BCUT2D eigenvalue weighted by Gasteiger charge is 2.18. The van der Waals surface area contributed by atoms with Gasteiger partial charge in [-0.2, -0.15) is 0 Å². The number of phenols is 1. The van der Waals surface area contributed by atoms with Gasteiger partial charge in [0, 0.05) is 11.8 Å². The number of unbranched alkanes of at least 4 members (excludes halogenated alkanes) is 3. The Morgan fingerprint density at radius 3 is 2.54 bits per heavy atom. The molecule has 0 spiro atoms. The van der Waals surface area contributed by atoms with E-state index in [1.54, 1.807) is 12.1 Å². The first-order chi connectivity index (χ1) is 13.3. The van der Waals surface area contributed by atoms with Crippen LogP contribution in [0, 0.1) is 12.8 Å². The molecule has 0 aliphatic carbocycles. The molecule has 152 valence electrons. The maximum Gasteiger partial charge on any atom is 0.314 e. The number of ether oxygens (including phenoxy) is 1. The molecule has 2 rings (SSSR count). The Hall–Kier alpha value is -2.56. The molecule has 5 nitrogen and oxygen atoms in total. The van der Waals surface area contributed by atoms with Gasteiger partial charge in [-0.15, -0.1) is 0 Å². The Labute approximate surface area is 166 Å². The van der Waals surface area contributed by atoms with Crippen LogP contribution in [0.25, 0.3) is 10.8 Å². The number of rotatable bonds is 10. The summed E-state index contributed by atoms with van der Waals surface area (Å²) in [6.45, 7) is 5.68. The predicted octanol–water partition coefficient (Wildman–Crippen LogP) is 5.38. The van der Waals surface area contributed by atoms with Crippen LogP contribution in [-0.2, 0) is 16.0 Å². The van der Waals surface area contributed by atoms with Crippen molar-refractivity contribution in [2.75, 3.05) is 0 Å². The number of esters is 1. The lowest BCUT2D eigenvalue weighted by Crippen LogP contribution is -2.17. The first-order valence-corrected chi connectivity index (χ1v) is 10.0. The number of carbonyl (C=O) groups is 2. The van der Waals surface area contributed by atoms with Gasteiger partial charge in [0.15, 0.2) is 0 Å². The van der Waals surface area contributed by atoms with Gasteiger partial charge >= 0.3 is 11.9 Å². The van der Waals surface area contributed by atoms with Crippen molar-refractivity contribution >= 4 is 22.7 Å². The fourth-order valence-corrected chi connectivity index (χ4v) is 3.29. The van der Waals surface area contributed by atoms with Crippen molar-refractivity contribution in [2.45, 2.75) is 65.7 Å². The number of carboxylic acids is 1. The van der Waals surface area contributed by atoms with Crippen molar-refractivity contribution in [1.29, 1.82) is 0 Å².